The highest BCUT2D eigenvalue weighted by Crippen LogP contribution is 2.11. The van der Waals surface area contributed by atoms with E-state index in [0.29, 0.717) is 0 Å². The summed E-state index contributed by atoms with van der Waals surface area (Å²) in [5, 5.41) is 0. The molecule has 0 spiro atoms. The second kappa shape index (κ2) is 4.72. The lowest BCUT2D eigenvalue weighted by Crippen LogP contribution is -1.86. The van der Waals surface area contributed by atoms with Gasteiger partial charge in [0.05, 0.1) is 12.0 Å². The van der Waals surface area contributed by atoms with Gasteiger partial charge in [-0.05, 0) is 12.7 Å². The van der Waals surface area contributed by atoms with Crippen molar-refractivity contribution in [2.45, 2.75) is 12.7 Å². The molecular weight excluding hydrogens is 176 g/mol. The maximum atomic E-state index is 4.19. The number of nitrogens with one attached hydrogen (secondary N) is 1. The van der Waals surface area contributed by atoms with Crippen LogP contribution in [-0.4, -0.2) is 21.5 Å². The van der Waals surface area contributed by atoms with Crippen LogP contribution < -0.4 is 0 Å². The topological polar surface area (TPSA) is 28.7 Å². The Hall–Kier alpha value is -0.0900. The molecule has 0 aliphatic carbocycles. The molecule has 4 heteroatoms. The summed E-state index contributed by atoms with van der Waals surface area (Å²) >= 11 is 6.00. The number of rotatable bonds is 4. The van der Waals surface area contributed by atoms with Crippen molar-refractivity contribution in [1.82, 2.24) is 9.97 Å². The summed E-state index contributed by atoms with van der Waals surface area (Å²) in [6, 6.07) is 0. The van der Waals surface area contributed by atoms with E-state index < -0.39 is 0 Å². The zero-order valence-electron chi connectivity index (χ0n) is 6.50. The summed E-state index contributed by atoms with van der Waals surface area (Å²) in [6.07, 6.45) is 1.74. The van der Waals surface area contributed by atoms with Crippen molar-refractivity contribution in [2.24, 2.45) is 0 Å². The van der Waals surface area contributed by atoms with Gasteiger partial charge in [-0.15, -0.1) is 0 Å². The first-order chi connectivity index (χ1) is 5.34. The van der Waals surface area contributed by atoms with Crippen molar-refractivity contribution in [3.63, 3.8) is 0 Å². The van der Waals surface area contributed by atoms with E-state index in [9.17, 15) is 0 Å². The van der Waals surface area contributed by atoms with Gasteiger partial charge < -0.3 is 4.98 Å². The van der Waals surface area contributed by atoms with Crippen molar-refractivity contribution in [1.29, 1.82) is 0 Å². The first-order valence-corrected chi connectivity index (χ1v) is 5.30. The first-order valence-electron chi connectivity index (χ1n) is 3.52. The molecule has 0 saturated carbocycles. The maximum Gasteiger partial charge on any atom is 0.0925 e. The summed E-state index contributed by atoms with van der Waals surface area (Å²) in [7, 11) is 0. The maximum absolute atomic E-state index is 4.19. The summed E-state index contributed by atoms with van der Waals surface area (Å²) in [5.74, 6) is 3.03. The van der Waals surface area contributed by atoms with Crippen LogP contribution in [-0.2, 0) is 5.75 Å². The van der Waals surface area contributed by atoms with Gasteiger partial charge in [-0.2, -0.15) is 24.4 Å². The highest BCUT2D eigenvalue weighted by molar-refractivity contribution is 7.99. The van der Waals surface area contributed by atoms with Crippen LogP contribution in [0, 0.1) is 6.92 Å². The lowest BCUT2D eigenvalue weighted by atomic mass is 10.4. The minimum Gasteiger partial charge on any atom is -0.348 e. The fourth-order valence-corrected chi connectivity index (χ4v) is 1.91. The lowest BCUT2D eigenvalue weighted by Gasteiger charge is -1.96. The Morgan fingerprint density at radius 1 is 1.73 bits per heavy atom. The minimum atomic E-state index is 0.939. The first kappa shape index (κ1) is 9.00. The molecule has 0 aliphatic rings. The molecule has 11 heavy (non-hydrogen) atoms. The smallest absolute Gasteiger partial charge is 0.0925 e. The van der Waals surface area contributed by atoms with Crippen LogP contribution in [0.25, 0.3) is 0 Å². The van der Waals surface area contributed by atoms with Gasteiger partial charge >= 0.3 is 0 Å². The normalized spacial score (nSPS) is 10.4. The molecule has 0 radical (unpaired) electrons. The molecule has 0 fully saturated rings. The van der Waals surface area contributed by atoms with Crippen molar-refractivity contribution >= 4 is 24.4 Å². The molecule has 1 heterocycles. The summed E-state index contributed by atoms with van der Waals surface area (Å²) in [6.45, 7) is 2.05. The van der Waals surface area contributed by atoms with Crippen LogP contribution >= 0.6 is 24.4 Å². The highest BCUT2D eigenvalue weighted by atomic mass is 32.2. The number of H-pyrrole nitrogens is 1. The quantitative estimate of drug-likeness (QED) is 0.558. The monoisotopic (exact) mass is 188 g/mol. The zero-order valence-corrected chi connectivity index (χ0v) is 8.21. The summed E-state index contributed by atoms with van der Waals surface area (Å²) < 4.78 is 0. The van der Waals surface area contributed by atoms with Crippen LogP contribution in [0.1, 0.15) is 11.4 Å². The van der Waals surface area contributed by atoms with Gasteiger partial charge in [0, 0.05) is 17.2 Å². The number of aromatic amines is 1. The molecule has 0 unspecified atom stereocenters. The van der Waals surface area contributed by atoms with Gasteiger partial charge in [0.2, 0.25) is 0 Å². The van der Waals surface area contributed by atoms with E-state index in [0.717, 1.165) is 23.0 Å². The molecule has 0 amide bonds. The predicted octanol–water partition coefficient (Wildman–Crippen LogP) is 1.88. The van der Waals surface area contributed by atoms with E-state index in [1.807, 2.05) is 18.7 Å². The molecule has 0 atom stereocenters. The van der Waals surface area contributed by atoms with Crippen LogP contribution in [0.15, 0.2) is 6.33 Å². The van der Waals surface area contributed by atoms with Gasteiger partial charge in [-0.3, -0.25) is 0 Å². The van der Waals surface area contributed by atoms with Gasteiger partial charge in [0.1, 0.15) is 0 Å². The number of thioether (sulfide) groups is 1. The second-order valence-corrected chi connectivity index (χ2v) is 3.80. The van der Waals surface area contributed by atoms with Crippen molar-refractivity contribution in [3.8, 4) is 0 Å². The van der Waals surface area contributed by atoms with E-state index >= 15 is 0 Å². The highest BCUT2D eigenvalue weighted by Gasteiger charge is 1.98. The van der Waals surface area contributed by atoms with E-state index in [4.69, 9.17) is 0 Å². The second-order valence-electron chi connectivity index (χ2n) is 2.25. The van der Waals surface area contributed by atoms with E-state index in [-0.39, 0.29) is 0 Å². The van der Waals surface area contributed by atoms with Gasteiger partial charge in [0.15, 0.2) is 0 Å². The fourth-order valence-electron chi connectivity index (χ4n) is 0.766. The molecular formula is C7H12N2S2. The third-order valence-electron chi connectivity index (χ3n) is 1.41. The van der Waals surface area contributed by atoms with Crippen LogP contribution in [0.5, 0.6) is 0 Å². The number of hydrogen-bond acceptors (Lipinski definition) is 3. The average molecular weight is 188 g/mol. The molecule has 62 valence electrons. The Morgan fingerprint density at radius 2 is 2.55 bits per heavy atom. The Labute approximate surface area is 76.6 Å². The van der Waals surface area contributed by atoms with Crippen molar-refractivity contribution < 1.29 is 0 Å². The van der Waals surface area contributed by atoms with Crippen molar-refractivity contribution in [2.75, 3.05) is 11.5 Å². The number of hydrogen-bond donors (Lipinski definition) is 2. The lowest BCUT2D eigenvalue weighted by molar-refractivity contribution is 1.19. The number of aryl methyl sites for hydroxylation is 1. The molecule has 0 bridgehead atoms. The van der Waals surface area contributed by atoms with Crippen LogP contribution in [0.4, 0.5) is 0 Å². The van der Waals surface area contributed by atoms with Crippen molar-refractivity contribution in [3.05, 3.63) is 17.7 Å². The molecule has 0 saturated heterocycles. The fraction of sp³-hybridized carbons (Fsp3) is 0.571. The van der Waals surface area contributed by atoms with E-state index in [1.165, 1.54) is 5.69 Å². The number of thiol groups is 1. The third kappa shape index (κ3) is 2.79. The van der Waals surface area contributed by atoms with Crippen LogP contribution in [0.3, 0.4) is 0 Å². The summed E-state index contributed by atoms with van der Waals surface area (Å²) in [4.78, 5) is 7.24. The molecule has 1 aromatic rings. The predicted molar refractivity (Wildman–Crippen MR) is 53.3 cm³/mol. The molecule has 0 aliphatic heterocycles. The number of imidazole rings is 1. The van der Waals surface area contributed by atoms with E-state index in [2.05, 4.69) is 22.6 Å². The summed E-state index contributed by atoms with van der Waals surface area (Å²) in [5.41, 5.74) is 2.34. The minimum absolute atomic E-state index is 0.939. The SMILES string of the molecule is Cc1[nH]cnc1CSCCS. The third-order valence-corrected chi connectivity index (χ3v) is 2.91. The number of aromatic nitrogens is 2. The Balaban J connectivity index is 2.32. The van der Waals surface area contributed by atoms with Gasteiger partial charge in [-0.1, -0.05) is 0 Å². The van der Waals surface area contributed by atoms with E-state index in [1.54, 1.807) is 6.33 Å². The molecule has 1 aromatic heterocycles. The Bertz CT molecular complexity index is 210. The Morgan fingerprint density at radius 3 is 3.09 bits per heavy atom. The molecule has 1 N–H and O–H groups in total. The van der Waals surface area contributed by atoms with Crippen LogP contribution in [0.2, 0.25) is 0 Å². The Kier molecular flexibility index (Phi) is 3.86. The number of nitrogens with zero attached hydrogens (tertiary/aromatic N) is 1. The largest absolute Gasteiger partial charge is 0.348 e. The molecule has 0 aromatic carbocycles. The molecule has 2 nitrogen and oxygen atoms in total. The molecule has 1 rings (SSSR count). The standard InChI is InChI=1S/C7H12N2S2/c1-6-7(9-5-8-6)4-11-3-2-10/h5,10H,2-4H2,1H3,(H,8,9). The average Bonchev–Trinajstić information content (AvgIpc) is 2.37. The van der Waals surface area contributed by atoms with Gasteiger partial charge in [-0.25, -0.2) is 4.98 Å². The zero-order chi connectivity index (χ0) is 8.10. The van der Waals surface area contributed by atoms with Gasteiger partial charge in [0.25, 0.3) is 0 Å².